The molecular weight excluding hydrogens is 526 g/mol. The van der Waals surface area contributed by atoms with Crippen LogP contribution in [0, 0.1) is 0 Å². The van der Waals surface area contributed by atoms with Crippen molar-refractivity contribution in [3.05, 3.63) is 88.1 Å². The van der Waals surface area contributed by atoms with E-state index in [1.54, 1.807) is 12.3 Å². The van der Waals surface area contributed by atoms with Crippen LogP contribution in [0.25, 0.3) is 0 Å². The summed E-state index contributed by atoms with van der Waals surface area (Å²) in [5.74, 6) is 0.725. The molecule has 0 saturated heterocycles. The van der Waals surface area contributed by atoms with Crippen molar-refractivity contribution in [2.24, 2.45) is 4.99 Å². The fourth-order valence-electron chi connectivity index (χ4n) is 6.23. The Hall–Kier alpha value is -4.04. The molecule has 2 heterocycles. The highest BCUT2D eigenvalue weighted by Crippen LogP contribution is 2.46. The number of anilines is 2. The van der Waals surface area contributed by atoms with Crippen molar-refractivity contribution in [2.75, 3.05) is 17.2 Å². The van der Waals surface area contributed by atoms with Gasteiger partial charge in [0.25, 0.3) is 0 Å². The number of carbonyl (C=O) groups is 3. The molecule has 1 fully saturated rings. The molecule has 40 heavy (non-hydrogen) atoms. The van der Waals surface area contributed by atoms with E-state index >= 15 is 0 Å². The summed E-state index contributed by atoms with van der Waals surface area (Å²) < 4.78 is 0. The van der Waals surface area contributed by atoms with Crippen LogP contribution in [0.1, 0.15) is 54.4 Å². The Labute approximate surface area is 237 Å². The molecule has 1 atom stereocenters. The van der Waals surface area contributed by atoms with Gasteiger partial charge in [-0.25, -0.2) is 4.98 Å². The zero-order valence-electron chi connectivity index (χ0n) is 22.0. The van der Waals surface area contributed by atoms with Gasteiger partial charge in [0.1, 0.15) is 24.5 Å². The van der Waals surface area contributed by atoms with Crippen molar-refractivity contribution >= 4 is 47.0 Å². The third-order valence-electron chi connectivity index (χ3n) is 8.31. The van der Waals surface area contributed by atoms with E-state index in [0.29, 0.717) is 53.6 Å². The molecule has 3 aliphatic rings. The first-order valence-electron chi connectivity index (χ1n) is 13.6. The number of aromatic nitrogens is 1. The fraction of sp³-hybridized carbons (Fsp3) is 0.323. The van der Waals surface area contributed by atoms with Crippen LogP contribution in [-0.2, 0) is 32.6 Å². The summed E-state index contributed by atoms with van der Waals surface area (Å²) in [4.78, 5) is 47.1. The highest BCUT2D eigenvalue weighted by molar-refractivity contribution is 6.34. The maximum absolute atomic E-state index is 13.0. The SMILES string of the molecule is O=CC1(NC(=NCC(=O)Nc2ccc3c(c2)CC2(C3)C(=O)Nc3ncccc32)c2ccccc2Cl)CCCCC1. The van der Waals surface area contributed by atoms with Crippen LogP contribution >= 0.6 is 11.6 Å². The number of amides is 2. The van der Waals surface area contributed by atoms with E-state index in [1.165, 1.54) is 0 Å². The van der Waals surface area contributed by atoms with Crippen LogP contribution in [0.5, 0.6) is 0 Å². The van der Waals surface area contributed by atoms with Crippen molar-refractivity contribution in [2.45, 2.75) is 55.9 Å². The van der Waals surface area contributed by atoms with Crippen molar-refractivity contribution in [3.8, 4) is 0 Å². The summed E-state index contributed by atoms with van der Waals surface area (Å²) >= 11 is 6.48. The second-order valence-corrected chi connectivity index (χ2v) is 11.3. The van der Waals surface area contributed by atoms with Crippen LogP contribution in [0.3, 0.4) is 0 Å². The number of nitrogens with one attached hydrogen (secondary N) is 3. The molecule has 2 amide bonds. The number of benzene rings is 2. The first-order chi connectivity index (χ1) is 19.4. The third kappa shape index (κ3) is 4.77. The van der Waals surface area contributed by atoms with E-state index in [9.17, 15) is 14.4 Å². The van der Waals surface area contributed by atoms with Crippen LogP contribution in [0.2, 0.25) is 5.02 Å². The molecule has 6 rings (SSSR count). The number of hydrogen-bond acceptors (Lipinski definition) is 5. The highest BCUT2D eigenvalue weighted by atomic mass is 35.5. The number of pyridine rings is 1. The molecule has 8 nitrogen and oxygen atoms in total. The van der Waals surface area contributed by atoms with Gasteiger partial charge in [-0.2, -0.15) is 0 Å². The molecular formula is C31H30ClN5O3. The van der Waals surface area contributed by atoms with E-state index in [1.807, 2.05) is 48.5 Å². The van der Waals surface area contributed by atoms with Gasteiger partial charge in [-0.05, 0) is 67.1 Å². The summed E-state index contributed by atoms with van der Waals surface area (Å²) in [6.07, 6.45) is 8.19. The topological polar surface area (TPSA) is 113 Å². The summed E-state index contributed by atoms with van der Waals surface area (Å²) in [7, 11) is 0. The predicted molar refractivity (Wildman–Crippen MR) is 155 cm³/mol. The minimum atomic E-state index is -0.719. The average Bonchev–Trinajstić information content (AvgIpc) is 3.48. The van der Waals surface area contributed by atoms with Gasteiger partial charge in [-0.3, -0.25) is 14.6 Å². The number of hydrogen-bond donors (Lipinski definition) is 3. The average molecular weight is 556 g/mol. The van der Waals surface area contributed by atoms with Crippen molar-refractivity contribution < 1.29 is 14.4 Å². The Balaban J connectivity index is 1.19. The largest absolute Gasteiger partial charge is 0.358 e. The molecule has 1 spiro atoms. The Morgan fingerprint density at radius 3 is 2.65 bits per heavy atom. The number of amidine groups is 1. The van der Waals surface area contributed by atoms with Gasteiger partial charge in [0.15, 0.2) is 0 Å². The highest BCUT2D eigenvalue weighted by Gasteiger charge is 2.51. The summed E-state index contributed by atoms with van der Waals surface area (Å²) in [6.45, 7) is -0.148. The molecule has 3 aromatic rings. The number of rotatable bonds is 6. The lowest BCUT2D eigenvalue weighted by atomic mass is 9.79. The lowest BCUT2D eigenvalue weighted by Gasteiger charge is -2.34. The van der Waals surface area contributed by atoms with Gasteiger partial charge in [0.2, 0.25) is 11.8 Å². The maximum atomic E-state index is 13.0. The Morgan fingerprint density at radius 1 is 1.05 bits per heavy atom. The first kappa shape index (κ1) is 26.2. The monoisotopic (exact) mass is 555 g/mol. The van der Waals surface area contributed by atoms with Crippen molar-refractivity contribution in [3.63, 3.8) is 0 Å². The molecule has 1 unspecified atom stereocenters. The second kappa shape index (κ2) is 10.5. The number of aldehydes is 1. The quantitative estimate of drug-likeness (QED) is 0.234. The number of aliphatic imine (C=N–C) groups is 1. The van der Waals surface area contributed by atoms with Gasteiger partial charge in [-0.1, -0.05) is 55.1 Å². The fourth-order valence-corrected chi connectivity index (χ4v) is 6.46. The number of fused-ring (bicyclic) bond motifs is 3. The molecule has 0 bridgehead atoms. The van der Waals surface area contributed by atoms with Crippen LogP contribution in [0.4, 0.5) is 11.5 Å². The van der Waals surface area contributed by atoms with E-state index in [-0.39, 0.29) is 18.4 Å². The van der Waals surface area contributed by atoms with E-state index in [0.717, 1.165) is 42.2 Å². The van der Waals surface area contributed by atoms with Crippen LogP contribution in [0.15, 0.2) is 65.8 Å². The van der Waals surface area contributed by atoms with Crippen LogP contribution in [-0.4, -0.2) is 41.0 Å². The normalized spacial score (nSPS) is 20.9. The van der Waals surface area contributed by atoms with Gasteiger partial charge < -0.3 is 20.7 Å². The molecule has 2 aliphatic carbocycles. The van der Waals surface area contributed by atoms with E-state index in [2.05, 4.69) is 25.9 Å². The number of nitrogens with zero attached hydrogens (tertiary/aromatic N) is 2. The first-order valence-corrected chi connectivity index (χ1v) is 14.0. The second-order valence-electron chi connectivity index (χ2n) is 10.9. The van der Waals surface area contributed by atoms with Gasteiger partial charge in [0, 0.05) is 23.0 Å². The zero-order chi connectivity index (χ0) is 27.7. The molecule has 1 aliphatic heterocycles. The summed E-state index contributed by atoms with van der Waals surface area (Å²) in [5.41, 5.74) is 2.94. The smallest absolute Gasteiger partial charge is 0.246 e. The van der Waals surface area contributed by atoms with E-state index in [4.69, 9.17) is 11.6 Å². The summed E-state index contributed by atoms with van der Waals surface area (Å²) in [6, 6.07) is 16.8. The van der Waals surface area contributed by atoms with Crippen molar-refractivity contribution in [1.82, 2.24) is 10.3 Å². The van der Waals surface area contributed by atoms with Crippen LogP contribution < -0.4 is 16.0 Å². The molecule has 2 aromatic carbocycles. The maximum Gasteiger partial charge on any atom is 0.246 e. The molecule has 1 saturated carbocycles. The third-order valence-corrected chi connectivity index (χ3v) is 8.64. The molecule has 3 N–H and O–H groups in total. The minimum absolute atomic E-state index is 0.0389. The molecule has 9 heteroatoms. The molecule has 1 aromatic heterocycles. The molecule has 0 radical (unpaired) electrons. The van der Waals surface area contributed by atoms with Gasteiger partial charge in [0.05, 0.1) is 16.0 Å². The zero-order valence-corrected chi connectivity index (χ0v) is 22.8. The Bertz CT molecular complexity index is 1530. The van der Waals surface area contributed by atoms with Gasteiger partial charge >= 0.3 is 0 Å². The Kier molecular flexibility index (Phi) is 6.88. The molecule has 204 valence electrons. The number of halogens is 1. The van der Waals surface area contributed by atoms with E-state index < -0.39 is 11.0 Å². The predicted octanol–water partition coefficient (Wildman–Crippen LogP) is 4.60. The Morgan fingerprint density at radius 2 is 1.85 bits per heavy atom. The minimum Gasteiger partial charge on any atom is -0.358 e. The summed E-state index contributed by atoms with van der Waals surface area (Å²) in [5, 5.41) is 9.70. The lowest BCUT2D eigenvalue weighted by molar-refractivity contribution is -0.120. The van der Waals surface area contributed by atoms with Crippen molar-refractivity contribution in [1.29, 1.82) is 0 Å². The standard InChI is InChI=1S/C31H30ClN5O3/c32-25-9-3-2-7-23(25)27(37-30(19-38)12-4-1-5-13-30)34-18-26(39)35-22-11-10-20-16-31(17-21(20)15-22)24-8-6-14-33-28(24)36-29(31)40/h2-3,6-11,14-15,19H,1,4-5,12-13,16-18H2,(H,34,37)(H,35,39)(H,33,36,40). The lowest BCUT2D eigenvalue weighted by Crippen LogP contribution is -2.51. The van der Waals surface area contributed by atoms with Gasteiger partial charge in [-0.15, -0.1) is 0 Å². The number of carbonyl (C=O) groups excluding carboxylic acids is 3.